The Morgan fingerprint density at radius 2 is 2.04 bits per heavy atom. The number of anilines is 2. The molecule has 2 aromatic rings. The Balaban J connectivity index is 1.90. The van der Waals surface area contributed by atoms with Crippen LogP contribution in [0, 0.1) is 0 Å². The van der Waals surface area contributed by atoms with Gasteiger partial charge >= 0.3 is 0 Å². The number of hydrogen-bond acceptors (Lipinski definition) is 7. The molecule has 0 aliphatic carbocycles. The smallest absolute Gasteiger partial charge is 0.221 e. The van der Waals surface area contributed by atoms with Gasteiger partial charge in [0.1, 0.15) is 5.16 Å². The van der Waals surface area contributed by atoms with Gasteiger partial charge in [0, 0.05) is 20.2 Å². The Hall–Kier alpha value is -3.26. The largest absolute Gasteiger partial charge is 0.494 e. The molecule has 0 bridgehead atoms. The molecule has 1 aromatic heterocycles. The highest BCUT2D eigenvalue weighted by molar-refractivity contribution is 6.29. The van der Waals surface area contributed by atoms with Gasteiger partial charge in [0.05, 0.1) is 42.1 Å². The maximum absolute atomic E-state index is 11.1. The number of hydrazine groups is 1. The van der Waals surface area contributed by atoms with Crippen molar-refractivity contribution in [3.8, 4) is 17.1 Å². The molecule has 1 aliphatic heterocycles. The number of nitrogens with zero attached hydrogens (tertiary/aromatic N) is 3. The number of aromatic nitrogens is 2. The minimum Gasteiger partial charge on any atom is -0.494 e. The number of nitrogens with one attached hydrogen (secondary N) is 3. The topological polar surface area (TPSA) is 91.4 Å². The molecule has 9 heteroatoms. The van der Waals surface area contributed by atoms with E-state index in [-0.39, 0.29) is 5.91 Å². The molecular weight excluding hydrogens is 368 g/mol. The van der Waals surface area contributed by atoms with Crippen LogP contribution in [0.5, 0.6) is 5.75 Å². The molecule has 1 amide bonds. The number of para-hydroxylation sites is 1. The Morgan fingerprint density at radius 1 is 1.30 bits per heavy atom. The molecule has 1 aromatic carbocycles. The van der Waals surface area contributed by atoms with E-state index in [4.69, 9.17) is 16.3 Å². The van der Waals surface area contributed by atoms with E-state index in [0.717, 1.165) is 11.4 Å². The zero-order chi connectivity index (χ0) is 19.4. The molecular formula is C18H19ClN6O2. The van der Waals surface area contributed by atoms with Crippen molar-refractivity contribution < 1.29 is 9.53 Å². The summed E-state index contributed by atoms with van der Waals surface area (Å²) >= 11 is 6.14. The minimum atomic E-state index is -0.179. The third-order valence-corrected chi connectivity index (χ3v) is 4.08. The molecule has 1 aliphatic rings. The van der Waals surface area contributed by atoms with Gasteiger partial charge in [0.2, 0.25) is 5.91 Å². The molecule has 2 heterocycles. The van der Waals surface area contributed by atoms with E-state index in [2.05, 4.69) is 26.0 Å². The molecule has 0 fully saturated rings. The van der Waals surface area contributed by atoms with Crippen LogP contribution in [0.3, 0.4) is 0 Å². The van der Waals surface area contributed by atoms with Gasteiger partial charge in [0.25, 0.3) is 0 Å². The van der Waals surface area contributed by atoms with E-state index in [0.29, 0.717) is 28.0 Å². The second-order valence-electron chi connectivity index (χ2n) is 5.74. The maximum Gasteiger partial charge on any atom is 0.221 e. The summed E-state index contributed by atoms with van der Waals surface area (Å²) in [6.45, 7) is 1.43. The number of rotatable bonds is 5. The van der Waals surface area contributed by atoms with Crippen LogP contribution >= 0.6 is 11.6 Å². The second kappa shape index (κ2) is 7.96. The normalized spacial score (nSPS) is 13.3. The number of amides is 1. The van der Waals surface area contributed by atoms with Gasteiger partial charge in [-0.05, 0) is 18.2 Å². The predicted molar refractivity (Wildman–Crippen MR) is 105 cm³/mol. The fourth-order valence-electron chi connectivity index (χ4n) is 2.49. The average Bonchev–Trinajstić information content (AvgIpc) is 2.65. The van der Waals surface area contributed by atoms with Crippen molar-refractivity contribution in [1.82, 2.24) is 20.4 Å². The molecule has 0 saturated heterocycles. The van der Waals surface area contributed by atoms with E-state index in [1.165, 1.54) is 6.92 Å². The third-order valence-electron chi connectivity index (χ3n) is 3.72. The lowest BCUT2D eigenvalue weighted by atomic mass is 10.1. The van der Waals surface area contributed by atoms with Gasteiger partial charge < -0.3 is 20.8 Å². The number of benzene rings is 1. The minimum absolute atomic E-state index is 0.179. The lowest BCUT2D eigenvalue weighted by molar-refractivity contribution is -0.114. The molecule has 0 unspecified atom stereocenters. The SMILES string of the molecule is COc1c(NC2=CNN(C)C(Cl)=C2)cccc1-c1ncc(NC(C)=O)cn1. The Bertz CT molecular complexity index is 911. The Kier molecular flexibility index (Phi) is 5.46. The first-order valence-corrected chi connectivity index (χ1v) is 8.47. The van der Waals surface area contributed by atoms with Gasteiger partial charge in [-0.15, -0.1) is 0 Å². The highest BCUT2D eigenvalue weighted by atomic mass is 35.5. The monoisotopic (exact) mass is 386 g/mol. The second-order valence-corrected chi connectivity index (χ2v) is 6.13. The van der Waals surface area contributed by atoms with Gasteiger partial charge in [-0.2, -0.15) is 0 Å². The highest BCUT2D eigenvalue weighted by Gasteiger charge is 2.15. The molecule has 0 atom stereocenters. The molecule has 27 heavy (non-hydrogen) atoms. The van der Waals surface area contributed by atoms with Crippen molar-refractivity contribution in [2.24, 2.45) is 0 Å². The van der Waals surface area contributed by atoms with Crippen LogP contribution in [0.1, 0.15) is 6.92 Å². The number of carbonyl (C=O) groups is 1. The van der Waals surface area contributed by atoms with E-state index in [1.807, 2.05) is 25.2 Å². The van der Waals surface area contributed by atoms with Crippen molar-refractivity contribution in [2.75, 3.05) is 24.8 Å². The standard InChI is InChI=1S/C18H19ClN6O2/c1-11(26)23-13-8-20-18(21-9-13)14-5-4-6-15(17(14)27-3)24-12-7-16(19)25(2)22-10-12/h4-10,22,24H,1-3H3,(H,23,26). The summed E-state index contributed by atoms with van der Waals surface area (Å²) in [5.41, 5.74) is 5.77. The van der Waals surface area contributed by atoms with Crippen LogP contribution in [0.4, 0.5) is 11.4 Å². The number of hydrogen-bond donors (Lipinski definition) is 3. The summed E-state index contributed by atoms with van der Waals surface area (Å²) in [4.78, 5) is 19.8. The van der Waals surface area contributed by atoms with Crippen molar-refractivity contribution in [3.05, 3.63) is 53.7 Å². The fourth-order valence-corrected chi connectivity index (χ4v) is 2.66. The fraction of sp³-hybridized carbons (Fsp3) is 0.167. The number of ether oxygens (including phenoxy) is 1. The molecule has 3 N–H and O–H groups in total. The summed E-state index contributed by atoms with van der Waals surface area (Å²) < 4.78 is 5.59. The van der Waals surface area contributed by atoms with E-state index in [9.17, 15) is 4.79 Å². The zero-order valence-electron chi connectivity index (χ0n) is 15.1. The van der Waals surface area contributed by atoms with Crippen LogP contribution in [0.2, 0.25) is 0 Å². The summed E-state index contributed by atoms with van der Waals surface area (Å²) in [5.74, 6) is 0.893. The first-order chi connectivity index (χ1) is 13.0. The van der Waals surface area contributed by atoms with Crippen molar-refractivity contribution in [1.29, 1.82) is 0 Å². The van der Waals surface area contributed by atoms with Crippen molar-refractivity contribution >= 4 is 28.9 Å². The highest BCUT2D eigenvalue weighted by Crippen LogP contribution is 2.35. The number of allylic oxidation sites excluding steroid dienone is 1. The van der Waals surface area contributed by atoms with E-state index < -0.39 is 0 Å². The molecule has 0 spiro atoms. The van der Waals surface area contributed by atoms with Gasteiger partial charge in [-0.3, -0.25) is 9.80 Å². The number of halogens is 1. The maximum atomic E-state index is 11.1. The molecule has 0 saturated carbocycles. The number of carbonyl (C=O) groups excluding carboxylic acids is 1. The average molecular weight is 387 g/mol. The Morgan fingerprint density at radius 3 is 2.67 bits per heavy atom. The first kappa shape index (κ1) is 18.5. The lowest BCUT2D eigenvalue weighted by Crippen LogP contribution is -2.31. The Labute approximate surface area is 161 Å². The van der Waals surface area contributed by atoms with Crippen LogP contribution in [0.15, 0.2) is 53.7 Å². The van der Waals surface area contributed by atoms with Gasteiger partial charge in [-0.25, -0.2) is 9.97 Å². The van der Waals surface area contributed by atoms with E-state index in [1.54, 1.807) is 36.8 Å². The third kappa shape index (κ3) is 4.29. The molecule has 8 nitrogen and oxygen atoms in total. The summed E-state index contributed by atoms with van der Waals surface area (Å²) in [6, 6.07) is 5.62. The van der Waals surface area contributed by atoms with Crippen LogP contribution in [0.25, 0.3) is 11.4 Å². The number of methoxy groups -OCH3 is 1. The molecule has 0 radical (unpaired) electrons. The lowest BCUT2D eigenvalue weighted by Gasteiger charge is -2.24. The van der Waals surface area contributed by atoms with Crippen LogP contribution in [-0.4, -0.2) is 35.0 Å². The summed E-state index contributed by atoms with van der Waals surface area (Å²) in [7, 11) is 3.40. The van der Waals surface area contributed by atoms with Gasteiger partial charge in [-0.1, -0.05) is 17.7 Å². The molecule has 140 valence electrons. The molecule has 3 rings (SSSR count). The van der Waals surface area contributed by atoms with Gasteiger partial charge in [0.15, 0.2) is 11.6 Å². The van der Waals surface area contributed by atoms with Crippen molar-refractivity contribution in [3.63, 3.8) is 0 Å². The summed E-state index contributed by atoms with van der Waals surface area (Å²) in [5, 5.41) is 8.15. The van der Waals surface area contributed by atoms with Crippen LogP contribution < -0.4 is 20.8 Å². The van der Waals surface area contributed by atoms with E-state index >= 15 is 0 Å². The van der Waals surface area contributed by atoms with Crippen molar-refractivity contribution in [2.45, 2.75) is 6.92 Å². The predicted octanol–water partition coefficient (Wildman–Crippen LogP) is 2.89. The zero-order valence-corrected chi connectivity index (χ0v) is 15.8. The first-order valence-electron chi connectivity index (χ1n) is 8.09. The quantitative estimate of drug-likeness (QED) is 0.680. The van der Waals surface area contributed by atoms with Crippen LogP contribution in [-0.2, 0) is 4.79 Å². The summed E-state index contributed by atoms with van der Waals surface area (Å²) in [6.07, 6.45) is 6.68.